The number of nitrogens with zero attached hydrogens (tertiary/aromatic N) is 3. The van der Waals surface area contributed by atoms with Crippen LogP contribution in [0.25, 0.3) is 11.1 Å². The van der Waals surface area contributed by atoms with Crippen molar-refractivity contribution in [3.63, 3.8) is 0 Å². The lowest BCUT2D eigenvalue weighted by molar-refractivity contribution is 0.0703. The van der Waals surface area contributed by atoms with E-state index < -0.39 is 0 Å². The minimum absolute atomic E-state index is 0.0462. The van der Waals surface area contributed by atoms with Crippen molar-refractivity contribution in [2.75, 3.05) is 31.9 Å². The Balaban J connectivity index is 1.27. The van der Waals surface area contributed by atoms with E-state index in [0.717, 1.165) is 50.0 Å². The summed E-state index contributed by atoms with van der Waals surface area (Å²) in [6, 6.07) is 14.8. The molecule has 9 heteroatoms. The number of halogens is 2. The molecule has 37 heavy (non-hydrogen) atoms. The first-order valence-electron chi connectivity index (χ1n) is 12.5. The number of ether oxygens (including phenoxy) is 1. The van der Waals surface area contributed by atoms with Crippen LogP contribution in [0.2, 0.25) is 10.0 Å². The number of aliphatic hydroxyl groups excluding tert-OH is 1. The van der Waals surface area contributed by atoms with Gasteiger partial charge in [0, 0.05) is 65.2 Å². The zero-order valence-electron chi connectivity index (χ0n) is 20.4. The third kappa shape index (κ3) is 5.85. The highest BCUT2D eigenvalue weighted by atomic mass is 35.5. The molecule has 1 aromatic heterocycles. The molecule has 0 bridgehead atoms. The number of nitrogens with two attached hydrogens (primary N) is 1. The zero-order chi connectivity index (χ0) is 25.9. The predicted octanol–water partition coefficient (Wildman–Crippen LogP) is 4.89. The number of β-amino-alcohol motifs (C(OH)–C–C–N with tert-alkyl or cyclic N) is 1. The highest BCUT2D eigenvalue weighted by Gasteiger charge is 2.32. The minimum Gasteiger partial charge on any atom is -0.485 e. The third-order valence-corrected chi connectivity index (χ3v) is 7.84. The molecule has 5 rings (SSSR count). The van der Waals surface area contributed by atoms with Crippen LogP contribution in [0.15, 0.2) is 54.7 Å². The zero-order valence-corrected chi connectivity index (χ0v) is 22.0. The topological polar surface area (TPSA) is 91.9 Å². The summed E-state index contributed by atoms with van der Waals surface area (Å²) in [5.74, 6) is 0.745. The average Bonchev–Trinajstić information content (AvgIpc) is 3.53. The van der Waals surface area contributed by atoms with Crippen molar-refractivity contribution in [2.45, 2.75) is 38.0 Å². The fourth-order valence-corrected chi connectivity index (χ4v) is 5.60. The number of hydrogen-bond donors (Lipinski definition) is 2. The van der Waals surface area contributed by atoms with Gasteiger partial charge >= 0.3 is 0 Å². The van der Waals surface area contributed by atoms with Crippen LogP contribution < -0.4 is 10.5 Å². The Labute approximate surface area is 226 Å². The van der Waals surface area contributed by atoms with E-state index in [1.807, 2.05) is 35.2 Å². The summed E-state index contributed by atoms with van der Waals surface area (Å²) in [6.45, 7) is 3.33. The monoisotopic (exact) mass is 540 g/mol. The molecule has 2 saturated heterocycles. The molecule has 1 amide bonds. The first-order valence-corrected chi connectivity index (χ1v) is 13.3. The molecule has 3 N–H and O–H groups in total. The molecule has 2 aliphatic heterocycles. The number of aromatic nitrogens is 1. The molecule has 2 aliphatic rings. The molecule has 3 heterocycles. The second-order valence-electron chi connectivity index (χ2n) is 9.67. The van der Waals surface area contributed by atoms with Gasteiger partial charge in [-0.05, 0) is 55.2 Å². The van der Waals surface area contributed by atoms with Crippen molar-refractivity contribution in [2.24, 2.45) is 0 Å². The number of carbonyl (C=O) groups is 1. The Morgan fingerprint density at radius 1 is 1.08 bits per heavy atom. The van der Waals surface area contributed by atoms with E-state index in [1.165, 1.54) is 0 Å². The van der Waals surface area contributed by atoms with Crippen LogP contribution in [0, 0.1) is 0 Å². The number of rotatable bonds is 7. The molecule has 0 radical (unpaired) electrons. The lowest BCUT2D eigenvalue weighted by atomic mass is 10.0. The Kier molecular flexibility index (Phi) is 7.86. The van der Waals surface area contributed by atoms with Gasteiger partial charge in [-0.2, -0.15) is 0 Å². The average molecular weight is 541 g/mol. The number of amides is 1. The van der Waals surface area contributed by atoms with Crippen LogP contribution in [-0.2, 0) is 6.61 Å². The molecule has 0 spiro atoms. The van der Waals surface area contributed by atoms with Crippen molar-refractivity contribution in [1.82, 2.24) is 14.8 Å². The van der Waals surface area contributed by atoms with Crippen molar-refractivity contribution in [1.29, 1.82) is 0 Å². The molecule has 2 fully saturated rings. The van der Waals surface area contributed by atoms with Gasteiger partial charge in [0.05, 0.1) is 6.10 Å². The van der Waals surface area contributed by atoms with Crippen molar-refractivity contribution >= 4 is 34.9 Å². The van der Waals surface area contributed by atoms with Gasteiger partial charge in [-0.1, -0.05) is 41.4 Å². The summed E-state index contributed by atoms with van der Waals surface area (Å²) >= 11 is 12.5. The summed E-state index contributed by atoms with van der Waals surface area (Å²) < 4.78 is 5.91. The van der Waals surface area contributed by atoms with Crippen molar-refractivity contribution in [3.05, 3.63) is 75.9 Å². The normalized spacial score (nSPS) is 19.9. The molecule has 2 atom stereocenters. The van der Waals surface area contributed by atoms with E-state index >= 15 is 0 Å². The van der Waals surface area contributed by atoms with E-state index in [2.05, 4.69) is 9.88 Å². The molecular weight excluding hydrogens is 511 g/mol. The maximum Gasteiger partial charge on any atom is 0.254 e. The predicted molar refractivity (Wildman–Crippen MR) is 146 cm³/mol. The van der Waals surface area contributed by atoms with E-state index in [9.17, 15) is 9.90 Å². The first kappa shape index (κ1) is 25.8. The van der Waals surface area contributed by atoms with Crippen LogP contribution >= 0.6 is 23.2 Å². The summed E-state index contributed by atoms with van der Waals surface area (Å²) in [5, 5.41) is 10.9. The Bertz CT molecular complexity index is 1250. The van der Waals surface area contributed by atoms with E-state index in [0.29, 0.717) is 33.5 Å². The summed E-state index contributed by atoms with van der Waals surface area (Å²) in [7, 11) is 0. The molecule has 194 valence electrons. The standard InChI is InChI=1S/C28H30Cl2N4O3/c29-24-4-1-5-25(30)23(24)17-37-26-13-20(14-32-27(26)31)18-6-8-19(9-7-18)28(36)34-11-2-3-21(34)15-33-12-10-22(35)16-33/h1,4-9,13-14,21-22,35H,2-3,10-12,15-17H2,(H2,31,32)/t21-,22?/m0/s1. The van der Waals surface area contributed by atoms with Crippen LogP contribution in [0.5, 0.6) is 5.75 Å². The van der Waals surface area contributed by atoms with Gasteiger partial charge in [0.2, 0.25) is 0 Å². The number of anilines is 1. The third-order valence-electron chi connectivity index (χ3n) is 7.14. The highest BCUT2D eigenvalue weighted by Crippen LogP contribution is 2.31. The Hall–Kier alpha value is -2.84. The molecule has 0 saturated carbocycles. The lowest BCUT2D eigenvalue weighted by Crippen LogP contribution is -2.42. The molecular formula is C28H30Cl2N4O3. The van der Waals surface area contributed by atoms with Gasteiger partial charge in [-0.25, -0.2) is 4.98 Å². The van der Waals surface area contributed by atoms with Gasteiger partial charge in [-0.3, -0.25) is 9.69 Å². The molecule has 2 aromatic carbocycles. The van der Waals surface area contributed by atoms with Gasteiger partial charge in [0.15, 0.2) is 11.6 Å². The fraction of sp³-hybridized carbons (Fsp3) is 0.357. The van der Waals surface area contributed by atoms with Crippen molar-refractivity contribution in [3.8, 4) is 16.9 Å². The van der Waals surface area contributed by atoms with E-state index in [-0.39, 0.29) is 30.5 Å². The number of aliphatic hydroxyl groups is 1. The summed E-state index contributed by atoms with van der Waals surface area (Å²) in [4.78, 5) is 21.8. The van der Waals surface area contributed by atoms with Gasteiger partial charge < -0.3 is 20.5 Å². The largest absolute Gasteiger partial charge is 0.485 e. The molecule has 1 unspecified atom stereocenters. The van der Waals surface area contributed by atoms with Gasteiger partial charge in [0.25, 0.3) is 5.91 Å². The minimum atomic E-state index is -0.249. The highest BCUT2D eigenvalue weighted by molar-refractivity contribution is 6.35. The molecule has 7 nitrogen and oxygen atoms in total. The van der Waals surface area contributed by atoms with Crippen LogP contribution in [-0.4, -0.2) is 64.1 Å². The second kappa shape index (κ2) is 11.3. The Morgan fingerprint density at radius 3 is 2.54 bits per heavy atom. The number of hydrogen-bond acceptors (Lipinski definition) is 6. The van der Waals surface area contributed by atoms with Crippen LogP contribution in [0.4, 0.5) is 5.82 Å². The van der Waals surface area contributed by atoms with Crippen LogP contribution in [0.3, 0.4) is 0 Å². The number of nitrogen functional groups attached to an aromatic ring is 1. The first-order chi connectivity index (χ1) is 17.9. The van der Waals surface area contributed by atoms with Gasteiger partial charge in [-0.15, -0.1) is 0 Å². The summed E-state index contributed by atoms with van der Waals surface area (Å²) in [6.07, 6.45) is 4.24. The van der Waals surface area contributed by atoms with E-state index in [1.54, 1.807) is 24.4 Å². The number of likely N-dealkylation sites (tertiary alicyclic amines) is 2. The summed E-state index contributed by atoms with van der Waals surface area (Å²) in [5.41, 5.74) is 9.11. The number of pyridine rings is 1. The van der Waals surface area contributed by atoms with Crippen molar-refractivity contribution < 1.29 is 14.6 Å². The smallest absolute Gasteiger partial charge is 0.254 e. The fourth-order valence-electron chi connectivity index (χ4n) is 5.09. The molecule has 0 aliphatic carbocycles. The van der Waals surface area contributed by atoms with Crippen LogP contribution in [0.1, 0.15) is 35.2 Å². The SMILES string of the molecule is Nc1ncc(-c2ccc(C(=O)N3CCC[C@H]3CN3CCC(O)C3)cc2)cc1OCc1c(Cl)cccc1Cl. The number of benzene rings is 2. The van der Waals surface area contributed by atoms with Gasteiger partial charge in [0.1, 0.15) is 6.61 Å². The lowest BCUT2D eigenvalue weighted by Gasteiger charge is -2.28. The maximum absolute atomic E-state index is 13.3. The Morgan fingerprint density at radius 2 is 1.84 bits per heavy atom. The van der Waals surface area contributed by atoms with E-state index in [4.69, 9.17) is 33.7 Å². The second-order valence-corrected chi connectivity index (χ2v) is 10.5. The quantitative estimate of drug-likeness (QED) is 0.443. The number of carbonyl (C=O) groups excluding carboxylic acids is 1. The maximum atomic E-state index is 13.3. The molecule has 3 aromatic rings.